The third-order valence-corrected chi connectivity index (χ3v) is 4.62. The number of hydrogen-bond acceptors (Lipinski definition) is 3. The van der Waals surface area contributed by atoms with E-state index in [9.17, 15) is 0 Å². The average Bonchev–Trinajstić information content (AvgIpc) is 3.20. The Morgan fingerprint density at radius 2 is 2.10 bits per heavy atom. The van der Waals surface area contributed by atoms with Gasteiger partial charge in [0.15, 0.2) is 0 Å². The van der Waals surface area contributed by atoms with Gasteiger partial charge in [-0.05, 0) is 60.3 Å². The molecule has 21 heavy (non-hydrogen) atoms. The van der Waals surface area contributed by atoms with Crippen molar-refractivity contribution < 1.29 is 0 Å². The molecule has 0 aliphatic heterocycles. The minimum atomic E-state index is 0.561. The lowest BCUT2D eigenvalue weighted by atomic mass is 9.95. The summed E-state index contributed by atoms with van der Waals surface area (Å²) in [5.74, 6) is 7.39. The fourth-order valence-corrected chi connectivity index (χ4v) is 3.43. The molecule has 0 aromatic heterocycles. The molecule has 0 saturated heterocycles. The van der Waals surface area contributed by atoms with Gasteiger partial charge in [-0.2, -0.15) is 0 Å². The molecule has 1 fully saturated rings. The molecule has 4 N–H and O–H groups in total. The Kier molecular flexibility index (Phi) is 3.54. The second kappa shape index (κ2) is 5.23. The molecular formula is C18H25N3. The molecule has 1 unspecified atom stereocenters. The van der Waals surface area contributed by atoms with E-state index in [4.69, 9.17) is 11.6 Å². The van der Waals surface area contributed by atoms with Crippen LogP contribution in [0.15, 0.2) is 18.3 Å². The van der Waals surface area contributed by atoms with Crippen molar-refractivity contribution in [3.63, 3.8) is 0 Å². The maximum atomic E-state index is 6.24. The van der Waals surface area contributed by atoms with Gasteiger partial charge in [0.05, 0.1) is 5.69 Å². The number of rotatable bonds is 4. The molecule has 3 nitrogen and oxygen atoms in total. The first kappa shape index (κ1) is 14.2. The second-order valence-corrected chi connectivity index (χ2v) is 6.61. The molecule has 3 heteroatoms. The molecule has 2 aliphatic carbocycles. The maximum absolute atomic E-state index is 6.24. The molecule has 1 aromatic carbocycles. The lowest BCUT2D eigenvalue weighted by molar-refractivity contribution is 0.627. The topological polar surface area (TPSA) is 55.3 Å². The average molecular weight is 283 g/mol. The molecule has 1 saturated carbocycles. The Labute approximate surface area is 127 Å². The van der Waals surface area contributed by atoms with Crippen molar-refractivity contribution in [2.24, 2.45) is 23.4 Å². The van der Waals surface area contributed by atoms with E-state index in [0.717, 1.165) is 35.4 Å². The van der Waals surface area contributed by atoms with E-state index >= 15 is 0 Å². The van der Waals surface area contributed by atoms with Crippen molar-refractivity contribution in [3.05, 3.63) is 40.6 Å². The number of anilines is 1. The van der Waals surface area contributed by atoms with E-state index in [1.165, 1.54) is 24.0 Å². The fraction of sp³-hybridized carbons (Fsp3) is 0.444. The normalized spacial score (nSPS) is 21.3. The highest BCUT2D eigenvalue weighted by Crippen LogP contribution is 2.41. The van der Waals surface area contributed by atoms with Crippen molar-refractivity contribution >= 4 is 17.8 Å². The smallest absolute Gasteiger partial charge is 0.0627 e. The summed E-state index contributed by atoms with van der Waals surface area (Å²) in [7, 11) is 1.91. The Morgan fingerprint density at radius 3 is 2.67 bits per heavy atom. The molecule has 0 spiro atoms. The van der Waals surface area contributed by atoms with Gasteiger partial charge in [0.25, 0.3) is 0 Å². The lowest BCUT2D eigenvalue weighted by Gasteiger charge is -2.22. The summed E-state index contributed by atoms with van der Waals surface area (Å²) in [6.07, 6.45) is 8.68. The van der Waals surface area contributed by atoms with E-state index in [2.05, 4.69) is 25.6 Å². The summed E-state index contributed by atoms with van der Waals surface area (Å²) in [5.41, 5.74) is 13.4. The van der Waals surface area contributed by atoms with Crippen molar-refractivity contribution in [3.8, 4) is 0 Å². The van der Waals surface area contributed by atoms with Gasteiger partial charge in [-0.3, -0.25) is 0 Å². The van der Waals surface area contributed by atoms with Crippen LogP contribution in [0.3, 0.4) is 0 Å². The zero-order chi connectivity index (χ0) is 15.1. The van der Waals surface area contributed by atoms with Crippen molar-refractivity contribution in [1.82, 2.24) is 0 Å². The minimum absolute atomic E-state index is 0.561. The first-order valence-electron chi connectivity index (χ1n) is 7.78. The molecule has 3 rings (SSSR count). The number of hydrogen-bond donors (Lipinski definition) is 2. The Bertz CT molecular complexity index is 609. The Balaban J connectivity index is 2.19. The predicted octanol–water partition coefficient (Wildman–Crippen LogP) is 3.08. The van der Waals surface area contributed by atoms with E-state index in [1.807, 2.05) is 13.1 Å². The molecule has 0 bridgehead atoms. The fourth-order valence-electron chi connectivity index (χ4n) is 3.43. The zero-order valence-electron chi connectivity index (χ0n) is 13.0. The summed E-state index contributed by atoms with van der Waals surface area (Å²) >= 11 is 0. The standard InChI is InChI=1S/C18H25N3/c1-4-12-9-14-7-11(2)8-15(14)18(21(3)20)16(12)10-17(19)13-5-6-13/h4,9-11,13H,1,5-8,19-20H2,2-3H3/b17-10-. The van der Waals surface area contributed by atoms with Crippen LogP contribution in [0, 0.1) is 11.8 Å². The molecule has 0 radical (unpaired) electrons. The van der Waals surface area contributed by atoms with Crippen molar-refractivity contribution in [2.45, 2.75) is 32.6 Å². The van der Waals surface area contributed by atoms with Gasteiger partial charge in [-0.15, -0.1) is 0 Å². The van der Waals surface area contributed by atoms with Crippen molar-refractivity contribution in [1.29, 1.82) is 0 Å². The number of nitrogens with two attached hydrogens (primary N) is 2. The third-order valence-electron chi connectivity index (χ3n) is 4.62. The molecule has 112 valence electrons. The SMILES string of the molecule is C=Cc1cc2c(c(N(C)N)c1/C=C(\N)C1CC1)CC(C)C2. The highest BCUT2D eigenvalue weighted by molar-refractivity contribution is 5.81. The molecule has 0 heterocycles. The number of hydrazine groups is 1. The minimum Gasteiger partial charge on any atom is -0.402 e. The third kappa shape index (κ3) is 2.58. The largest absolute Gasteiger partial charge is 0.402 e. The monoisotopic (exact) mass is 283 g/mol. The van der Waals surface area contributed by atoms with Crippen LogP contribution in [-0.2, 0) is 12.8 Å². The van der Waals surface area contributed by atoms with E-state index in [1.54, 1.807) is 5.01 Å². The summed E-state index contributed by atoms with van der Waals surface area (Å²) < 4.78 is 0. The summed E-state index contributed by atoms with van der Waals surface area (Å²) in [4.78, 5) is 0. The number of allylic oxidation sites excluding steroid dienone is 1. The molecule has 1 aromatic rings. The van der Waals surface area contributed by atoms with Gasteiger partial charge in [0.2, 0.25) is 0 Å². The van der Waals surface area contributed by atoms with Gasteiger partial charge < -0.3 is 10.7 Å². The zero-order valence-corrected chi connectivity index (χ0v) is 13.0. The van der Waals surface area contributed by atoms with Crippen LogP contribution in [0.4, 0.5) is 5.69 Å². The summed E-state index contributed by atoms with van der Waals surface area (Å²) in [6, 6.07) is 2.27. The highest BCUT2D eigenvalue weighted by Gasteiger charge is 2.27. The first-order chi connectivity index (χ1) is 10.0. The van der Waals surface area contributed by atoms with Crippen LogP contribution >= 0.6 is 0 Å². The van der Waals surface area contributed by atoms with Crippen LogP contribution in [0.1, 0.15) is 42.0 Å². The van der Waals surface area contributed by atoms with Gasteiger partial charge >= 0.3 is 0 Å². The number of fused-ring (bicyclic) bond motifs is 1. The van der Waals surface area contributed by atoms with Gasteiger partial charge in [0.1, 0.15) is 0 Å². The molecule has 2 aliphatic rings. The van der Waals surface area contributed by atoms with Crippen LogP contribution in [0.5, 0.6) is 0 Å². The summed E-state index contributed by atoms with van der Waals surface area (Å²) in [6.45, 7) is 6.27. The van der Waals surface area contributed by atoms with E-state index < -0.39 is 0 Å². The first-order valence-corrected chi connectivity index (χ1v) is 7.78. The number of nitrogens with zero attached hydrogens (tertiary/aromatic N) is 1. The molecule has 0 amide bonds. The van der Waals surface area contributed by atoms with Gasteiger partial charge in [-0.1, -0.05) is 25.6 Å². The summed E-state index contributed by atoms with van der Waals surface area (Å²) in [5, 5.41) is 1.75. The molecule has 1 atom stereocenters. The quantitative estimate of drug-likeness (QED) is 0.659. The van der Waals surface area contributed by atoms with Crippen molar-refractivity contribution in [2.75, 3.05) is 12.1 Å². The second-order valence-electron chi connectivity index (χ2n) is 6.61. The van der Waals surface area contributed by atoms with Gasteiger partial charge in [-0.25, -0.2) is 5.84 Å². The van der Waals surface area contributed by atoms with Crippen LogP contribution < -0.4 is 16.6 Å². The van der Waals surface area contributed by atoms with Crippen LogP contribution in [0.2, 0.25) is 0 Å². The number of benzene rings is 1. The van der Waals surface area contributed by atoms with E-state index in [-0.39, 0.29) is 0 Å². The predicted molar refractivity (Wildman–Crippen MR) is 90.6 cm³/mol. The van der Waals surface area contributed by atoms with Crippen LogP contribution in [0.25, 0.3) is 12.2 Å². The lowest BCUT2D eigenvalue weighted by Crippen LogP contribution is -2.27. The Hall–Kier alpha value is -1.74. The Morgan fingerprint density at radius 1 is 1.38 bits per heavy atom. The highest BCUT2D eigenvalue weighted by atomic mass is 15.4. The van der Waals surface area contributed by atoms with Crippen LogP contribution in [-0.4, -0.2) is 7.05 Å². The maximum Gasteiger partial charge on any atom is 0.0627 e. The molecular weight excluding hydrogens is 258 g/mol. The van der Waals surface area contributed by atoms with Gasteiger partial charge in [0, 0.05) is 18.3 Å². The van der Waals surface area contributed by atoms with E-state index in [0.29, 0.717) is 11.8 Å².